The Morgan fingerprint density at radius 1 is 1.41 bits per heavy atom. The molecule has 3 nitrogen and oxygen atoms in total. The first kappa shape index (κ1) is 13.7. The molecule has 1 aromatic carbocycles. The van der Waals surface area contributed by atoms with Gasteiger partial charge in [-0.1, -0.05) is 25.5 Å². The van der Waals surface area contributed by atoms with Crippen LogP contribution in [-0.4, -0.2) is 18.6 Å². The van der Waals surface area contributed by atoms with E-state index in [2.05, 4.69) is 18.3 Å². The molecule has 0 saturated heterocycles. The predicted octanol–water partition coefficient (Wildman–Crippen LogP) is 3.00. The second kappa shape index (κ2) is 5.82. The molecule has 3 heteroatoms. The van der Waals surface area contributed by atoms with Gasteiger partial charge in [-0.05, 0) is 38.0 Å². The number of ether oxygens (including phenoxy) is 1. The molecule has 1 aromatic rings. The first-order chi connectivity index (χ1) is 7.99. The molecular weight excluding hydrogens is 214 g/mol. The van der Waals surface area contributed by atoms with Gasteiger partial charge in [0.1, 0.15) is 5.60 Å². The molecule has 0 unspecified atom stereocenters. The number of carbonyl (C=O) groups excluding carboxylic acids is 1. The van der Waals surface area contributed by atoms with Crippen molar-refractivity contribution in [2.75, 3.05) is 12.4 Å². The summed E-state index contributed by atoms with van der Waals surface area (Å²) >= 11 is 0. The number of benzene rings is 1. The zero-order valence-corrected chi connectivity index (χ0v) is 11.0. The largest absolute Gasteiger partial charge is 0.369 e. The molecule has 0 aliphatic carbocycles. The van der Waals surface area contributed by atoms with Crippen molar-refractivity contribution in [1.82, 2.24) is 0 Å². The quantitative estimate of drug-likeness (QED) is 0.852. The SMILES string of the molecule is CCCc1cccc(NC(=O)C(C)(C)OC)c1. The van der Waals surface area contributed by atoms with Gasteiger partial charge in [0.25, 0.3) is 5.91 Å². The number of hydrogen-bond donors (Lipinski definition) is 1. The van der Waals surface area contributed by atoms with Crippen molar-refractivity contribution in [1.29, 1.82) is 0 Å². The zero-order valence-electron chi connectivity index (χ0n) is 11.0. The number of anilines is 1. The molecule has 0 saturated carbocycles. The number of nitrogens with one attached hydrogen (secondary N) is 1. The van der Waals surface area contributed by atoms with Crippen LogP contribution in [0.3, 0.4) is 0 Å². The molecule has 0 aliphatic heterocycles. The predicted molar refractivity (Wildman–Crippen MR) is 70.2 cm³/mol. The van der Waals surface area contributed by atoms with Crippen molar-refractivity contribution >= 4 is 11.6 Å². The molecule has 1 amide bonds. The smallest absolute Gasteiger partial charge is 0.256 e. The highest BCUT2D eigenvalue weighted by atomic mass is 16.5. The number of aryl methyl sites for hydroxylation is 1. The number of amides is 1. The number of rotatable bonds is 5. The van der Waals surface area contributed by atoms with Crippen LogP contribution in [0, 0.1) is 0 Å². The molecule has 0 heterocycles. The van der Waals surface area contributed by atoms with E-state index in [4.69, 9.17) is 4.74 Å². The molecule has 1 N–H and O–H groups in total. The van der Waals surface area contributed by atoms with E-state index in [1.165, 1.54) is 12.7 Å². The van der Waals surface area contributed by atoms with Crippen molar-refractivity contribution in [3.05, 3.63) is 29.8 Å². The van der Waals surface area contributed by atoms with E-state index in [0.29, 0.717) is 0 Å². The van der Waals surface area contributed by atoms with Gasteiger partial charge in [-0.15, -0.1) is 0 Å². The molecule has 94 valence electrons. The Morgan fingerprint density at radius 3 is 2.71 bits per heavy atom. The fourth-order valence-electron chi connectivity index (χ4n) is 1.47. The Hall–Kier alpha value is -1.35. The molecule has 0 aromatic heterocycles. The van der Waals surface area contributed by atoms with E-state index in [0.717, 1.165) is 18.5 Å². The molecule has 0 radical (unpaired) electrons. The van der Waals surface area contributed by atoms with Gasteiger partial charge in [-0.3, -0.25) is 4.79 Å². The van der Waals surface area contributed by atoms with Crippen molar-refractivity contribution in [3.63, 3.8) is 0 Å². The number of carbonyl (C=O) groups is 1. The Balaban J connectivity index is 2.75. The summed E-state index contributed by atoms with van der Waals surface area (Å²) in [5.41, 5.74) is 1.26. The average molecular weight is 235 g/mol. The summed E-state index contributed by atoms with van der Waals surface area (Å²) in [5.74, 6) is -0.131. The van der Waals surface area contributed by atoms with Crippen molar-refractivity contribution in [2.45, 2.75) is 39.2 Å². The highest BCUT2D eigenvalue weighted by Gasteiger charge is 2.26. The second-order valence-electron chi connectivity index (χ2n) is 4.62. The van der Waals surface area contributed by atoms with Crippen molar-refractivity contribution in [2.24, 2.45) is 0 Å². The minimum absolute atomic E-state index is 0.131. The fraction of sp³-hybridized carbons (Fsp3) is 0.500. The highest BCUT2D eigenvalue weighted by molar-refractivity contribution is 5.96. The lowest BCUT2D eigenvalue weighted by molar-refractivity contribution is -0.133. The Kier molecular flexibility index (Phi) is 4.70. The third-order valence-corrected chi connectivity index (χ3v) is 2.78. The molecule has 0 atom stereocenters. The third-order valence-electron chi connectivity index (χ3n) is 2.78. The average Bonchev–Trinajstić information content (AvgIpc) is 2.30. The first-order valence-corrected chi connectivity index (χ1v) is 5.95. The van der Waals surface area contributed by atoms with Crippen LogP contribution in [0.15, 0.2) is 24.3 Å². The maximum absolute atomic E-state index is 11.9. The number of hydrogen-bond acceptors (Lipinski definition) is 2. The summed E-state index contributed by atoms with van der Waals surface area (Å²) in [7, 11) is 1.53. The van der Waals surface area contributed by atoms with Gasteiger partial charge in [0.05, 0.1) is 0 Å². The summed E-state index contributed by atoms with van der Waals surface area (Å²) in [4.78, 5) is 11.9. The van der Waals surface area contributed by atoms with Gasteiger partial charge in [-0.2, -0.15) is 0 Å². The summed E-state index contributed by atoms with van der Waals surface area (Å²) in [6, 6.07) is 7.93. The lowest BCUT2D eigenvalue weighted by atomic mass is 10.1. The molecule has 0 bridgehead atoms. The Bertz CT molecular complexity index is 386. The van der Waals surface area contributed by atoms with Gasteiger partial charge < -0.3 is 10.1 Å². The lowest BCUT2D eigenvalue weighted by Crippen LogP contribution is -2.38. The fourth-order valence-corrected chi connectivity index (χ4v) is 1.47. The molecule has 17 heavy (non-hydrogen) atoms. The van der Waals surface area contributed by atoms with Crippen LogP contribution in [0.5, 0.6) is 0 Å². The van der Waals surface area contributed by atoms with Gasteiger partial charge >= 0.3 is 0 Å². The van der Waals surface area contributed by atoms with Gasteiger partial charge in [0, 0.05) is 12.8 Å². The normalized spacial score (nSPS) is 11.3. The van der Waals surface area contributed by atoms with Gasteiger partial charge in [0.15, 0.2) is 0 Å². The van der Waals surface area contributed by atoms with Gasteiger partial charge in [0.2, 0.25) is 0 Å². The van der Waals surface area contributed by atoms with E-state index in [9.17, 15) is 4.79 Å². The van der Waals surface area contributed by atoms with E-state index < -0.39 is 5.60 Å². The van der Waals surface area contributed by atoms with Crippen molar-refractivity contribution < 1.29 is 9.53 Å². The molecular formula is C14H21NO2. The maximum Gasteiger partial charge on any atom is 0.256 e. The zero-order chi connectivity index (χ0) is 12.9. The minimum Gasteiger partial charge on any atom is -0.369 e. The summed E-state index contributed by atoms with van der Waals surface area (Å²) < 4.78 is 5.14. The van der Waals surface area contributed by atoms with Crippen LogP contribution < -0.4 is 5.32 Å². The van der Waals surface area contributed by atoms with Crippen LogP contribution in [0.2, 0.25) is 0 Å². The highest BCUT2D eigenvalue weighted by Crippen LogP contribution is 2.15. The van der Waals surface area contributed by atoms with E-state index in [-0.39, 0.29) is 5.91 Å². The van der Waals surface area contributed by atoms with E-state index in [1.54, 1.807) is 13.8 Å². The van der Waals surface area contributed by atoms with Crippen LogP contribution in [0.1, 0.15) is 32.8 Å². The third kappa shape index (κ3) is 3.86. The van der Waals surface area contributed by atoms with E-state index >= 15 is 0 Å². The maximum atomic E-state index is 11.9. The monoisotopic (exact) mass is 235 g/mol. The van der Waals surface area contributed by atoms with Gasteiger partial charge in [-0.25, -0.2) is 0 Å². The van der Waals surface area contributed by atoms with E-state index in [1.807, 2.05) is 18.2 Å². The molecule has 0 aliphatic rings. The summed E-state index contributed by atoms with van der Waals surface area (Å²) in [6.45, 7) is 5.63. The van der Waals surface area contributed by atoms with Crippen LogP contribution in [0.4, 0.5) is 5.69 Å². The van der Waals surface area contributed by atoms with Crippen LogP contribution in [0.25, 0.3) is 0 Å². The topological polar surface area (TPSA) is 38.3 Å². The second-order valence-corrected chi connectivity index (χ2v) is 4.62. The first-order valence-electron chi connectivity index (χ1n) is 5.95. The minimum atomic E-state index is -0.805. The molecule has 0 fully saturated rings. The lowest BCUT2D eigenvalue weighted by Gasteiger charge is -2.21. The van der Waals surface area contributed by atoms with Crippen molar-refractivity contribution in [3.8, 4) is 0 Å². The Labute approximate surface area is 103 Å². The summed E-state index contributed by atoms with van der Waals surface area (Å²) in [5, 5.41) is 2.87. The Morgan fingerprint density at radius 2 is 2.12 bits per heavy atom. The number of methoxy groups -OCH3 is 1. The van der Waals surface area contributed by atoms with Crippen LogP contribution in [-0.2, 0) is 16.0 Å². The summed E-state index contributed by atoms with van der Waals surface area (Å²) in [6.07, 6.45) is 2.12. The molecule has 0 spiro atoms. The van der Waals surface area contributed by atoms with Crippen LogP contribution >= 0.6 is 0 Å². The molecule has 1 rings (SSSR count). The standard InChI is InChI=1S/C14H21NO2/c1-5-7-11-8-6-9-12(10-11)15-13(16)14(2,3)17-4/h6,8-10H,5,7H2,1-4H3,(H,15,16).